The third-order valence-electron chi connectivity index (χ3n) is 5.64. The standard InChI is InChI=1S/C23H38N4O2/c1-4-7-9-19(6-3)22(28)25-20-10-12-21(13-11-20)26-15-17-27(18-16-26)23(29)24-14-8-5-2/h10-13,19H,4-9,14-18H2,1-3H3,(H,24,29)(H,25,28). The quantitative estimate of drug-likeness (QED) is 0.568. The molecule has 1 aliphatic rings. The van der Waals surface area contributed by atoms with Crippen molar-refractivity contribution >= 4 is 23.3 Å². The van der Waals surface area contributed by atoms with Gasteiger partial charge in [-0.3, -0.25) is 4.79 Å². The molecule has 1 aliphatic heterocycles. The van der Waals surface area contributed by atoms with Crippen molar-refractivity contribution in [2.45, 2.75) is 59.3 Å². The molecule has 162 valence electrons. The van der Waals surface area contributed by atoms with Crippen molar-refractivity contribution < 1.29 is 9.59 Å². The highest BCUT2D eigenvalue weighted by Crippen LogP contribution is 2.21. The van der Waals surface area contributed by atoms with Crippen LogP contribution >= 0.6 is 0 Å². The predicted molar refractivity (Wildman–Crippen MR) is 120 cm³/mol. The Labute approximate surface area is 176 Å². The van der Waals surface area contributed by atoms with Gasteiger partial charge in [-0.15, -0.1) is 0 Å². The number of hydrogen-bond acceptors (Lipinski definition) is 3. The number of carbonyl (C=O) groups is 2. The molecular weight excluding hydrogens is 364 g/mol. The monoisotopic (exact) mass is 402 g/mol. The second-order valence-corrected chi connectivity index (χ2v) is 7.84. The molecule has 2 rings (SSSR count). The fraction of sp³-hybridized carbons (Fsp3) is 0.652. The van der Waals surface area contributed by atoms with Crippen LogP contribution in [-0.4, -0.2) is 49.6 Å². The van der Waals surface area contributed by atoms with E-state index in [1.165, 1.54) is 0 Å². The second kappa shape index (κ2) is 12.3. The summed E-state index contributed by atoms with van der Waals surface area (Å²) in [7, 11) is 0. The van der Waals surface area contributed by atoms with E-state index >= 15 is 0 Å². The van der Waals surface area contributed by atoms with Crippen molar-refractivity contribution in [2.24, 2.45) is 5.92 Å². The fourth-order valence-corrected chi connectivity index (χ4v) is 3.62. The number of unbranched alkanes of at least 4 members (excludes halogenated alkanes) is 2. The van der Waals surface area contributed by atoms with Crippen molar-refractivity contribution in [1.29, 1.82) is 0 Å². The van der Waals surface area contributed by atoms with Gasteiger partial charge < -0.3 is 20.4 Å². The predicted octanol–water partition coefficient (Wildman–Crippen LogP) is 4.47. The van der Waals surface area contributed by atoms with Crippen LogP contribution in [0.4, 0.5) is 16.2 Å². The topological polar surface area (TPSA) is 64.7 Å². The number of carbonyl (C=O) groups excluding carboxylic acids is 2. The van der Waals surface area contributed by atoms with Crippen LogP contribution in [0.1, 0.15) is 59.3 Å². The van der Waals surface area contributed by atoms with Crippen LogP contribution < -0.4 is 15.5 Å². The van der Waals surface area contributed by atoms with E-state index in [1.807, 2.05) is 17.0 Å². The van der Waals surface area contributed by atoms with Gasteiger partial charge in [0, 0.05) is 50.0 Å². The van der Waals surface area contributed by atoms with Crippen molar-refractivity contribution in [1.82, 2.24) is 10.2 Å². The van der Waals surface area contributed by atoms with Crippen molar-refractivity contribution in [3.05, 3.63) is 24.3 Å². The number of anilines is 2. The van der Waals surface area contributed by atoms with Crippen LogP contribution in [0.5, 0.6) is 0 Å². The summed E-state index contributed by atoms with van der Waals surface area (Å²) in [5.74, 6) is 0.211. The first kappa shape index (κ1) is 23.0. The van der Waals surface area contributed by atoms with Crippen LogP contribution in [0.15, 0.2) is 24.3 Å². The molecule has 0 aromatic heterocycles. The molecular formula is C23H38N4O2. The van der Waals surface area contributed by atoms with Gasteiger partial charge in [0.15, 0.2) is 0 Å². The normalized spacial score (nSPS) is 15.1. The second-order valence-electron chi connectivity index (χ2n) is 7.84. The van der Waals surface area contributed by atoms with Gasteiger partial charge in [0.2, 0.25) is 5.91 Å². The van der Waals surface area contributed by atoms with Crippen molar-refractivity contribution in [3.63, 3.8) is 0 Å². The number of rotatable bonds is 10. The maximum absolute atomic E-state index is 12.5. The average molecular weight is 403 g/mol. The molecule has 1 saturated heterocycles. The number of urea groups is 1. The summed E-state index contributed by atoms with van der Waals surface area (Å²) in [6, 6.07) is 8.11. The molecule has 0 spiro atoms. The van der Waals surface area contributed by atoms with E-state index in [-0.39, 0.29) is 17.9 Å². The minimum atomic E-state index is 0.0460. The van der Waals surface area contributed by atoms with Gasteiger partial charge in [-0.05, 0) is 43.5 Å². The van der Waals surface area contributed by atoms with Crippen LogP contribution in [0.3, 0.4) is 0 Å². The first-order valence-electron chi connectivity index (χ1n) is 11.3. The molecule has 0 bridgehead atoms. The number of nitrogens with one attached hydrogen (secondary N) is 2. The van der Waals surface area contributed by atoms with Gasteiger partial charge in [0.05, 0.1) is 0 Å². The zero-order chi connectivity index (χ0) is 21.1. The number of hydrogen-bond donors (Lipinski definition) is 2. The minimum absolute atomic E-state index is 0.0460. The van der Waals surface area contributed by atoms with E-state index < -0.39 is 0 Å². The van der Waals surface area contributed by atoms with Crippen molar-refractivity contribution in [3.8, 4) is 0 Å². The summed E-state index contributed by atoms with van der Waals surface area (Å²) in [4.78, 5) is 28.8. The fourth-order valence-electron chi connectivity index (χ4n) is 3.62. The molecule has 1 heterocycles. The Morgan fingerprint density at radius 1 is 0.966 bits per heavy atom. The molecule has 1 fully saturated rings. The zero-order valence-corrected chi connectivity index (χ0v) is 18.4. The van der Waals surface area contributed by atoms with Gasteiger partial charge in [0.25, 0.3) is 0 Å². The molecule has 1 atom stereocenters. The number of benzene rings is 1. The SMILES string of the molecule is CCCCNC(=O)N1CCN(c2ccc(NC(=O)C(CC)CCCC)cc2)CC1. The molecule has 2 N–H and O–H groups in total. The summed E-state index contributed by atoms with van der Waals surface area (Å²) in [5, 5.41) is 6.05. The van der Waals surface area contributed by atoms with Gasteiger partial charge >= 0.3 is 6.03 Å². The Hall–Kier alpha value is -2.24. The molecule has 1 aromatic rings. The molecule has 0 aliphatic carbocycles. The Balaban J connectivity index is 1.82. The van der Waals surface area contributed by atoms with Gasteiger partial charge in [0.1, 0.15) is 0 Å². The van der Waals surface area contributed by atoms with E-state index in [1.54, 1.807) is 0 Å². The minimum Gasteiger partial charge on any atom is -0.368 e. The molecule has 6 heteroatoms. The highest BCUT2D eigenvalue weighted by Gasteiger charge is 2.21. The van der Waals surface area contributed by atoms with E-state index in [9.17, 15) is 9.59 Å². The van der Waals surface area contributed by atoms with E-state index in [0.717, 1.165) is 82.6 Å². The molecule has 3 amide bonds. The summed E-state index contributed by atoms with van der Waals surface area (Å²) < 4.78 is 0. The third kappa shape index (κ3) is 7.26. The van der Waals surface area contributed by atoms with E-state index in [2.05, 4.69) is 48.4 Å². The van der Waals surface area contributed by atoms with Crippen LogP contribution in [0.25, 0.3) is 0 Å². The lowest BCUT2D eigenvalue weighted by molar-refractivity contribution is -0.120. The van der Waals surface area contributed by atoms with E-state index in [0.29, 0.717) is 0 Å². The molecule has 0 radical (unpaired) electrons. The smallest absolute Gasteiger partial charge is 0.317 e. The molecule has 1 unspecified atom stereocenters. The van der Waals surface area contributed by atoms with Crippen LogP contribution in [0.2, 0.25) is 0 Å². The van der Waals surface area contributed by atoms with Gasteiger partial charge in [-0.1, -0.05) is 40.0 Å². The molecule has 1 aromatic carbocycles. The summed E-state index contributed by atoms with van der Waals surface area (Å²) in [5.41, 5.74) is 1.98. The average Bonchev–Trinajstić information content (AvgIpc) is 2.75. The lowest BCUT2D eigenvalue weighted by Crippen LogP contribution is -2.52. The Morgan fingerprint density at radius 2 is 1.62 bits per heavy atom. The maximum Gasteiger partial charge on any atom is 0.317 e. The third-order valence-corrected chi connectivity index (χ3v) is 5.64. The van der Waals surface area contributed by atoms with E-state index in [4.69, 9.17) is 0 Å². The lowest BCUT2D eigenvalue weighted by Gasteiger charge is -2.36. The Morgan fingerprint density at radius 3 is 2.21 bits per heavy atom. The van der Waals surface area contributed by atoms with Gasteiger partial charge in [-0.25, -0.2) is 4.79 Å². The van der Waals surface area contributed by atoms with Gasteiger partial charge in [-0.2, -0.15) is 0 Å². The summed E-state index contributed by atoms with van der Waals surface area (Å²) in [6.07, 6.45) is 6.14. The number of piperazine rings is 1. The summed E-state index contributed by atoms with van der Waals surface area (Å²) >= 11 is 0. The van der Waals surface area contributed by atoms with Crippen LogP contribution in [-0.2, 0) is 4.79 Å². The Bertz CT molecular complexity index is 624. The highest BCUT2D eigenvalue weighted by molar-refractivity contribution is 5.92. The molecule has 29 heavy (non-hydrogen) atoms. The molecule has 6 nitrogen and oxygen atoms in total. The van der Waals surface area contributed by atoms with Crippen molar-refractivity contribution in [2.75, 3.05) is 42.9 Å². The number of nitrogens with zero attached hydrogens (tertiary/aromatic N) is 2. The largest absolute Gasteiger partial charge is 0.368 e. The number of amides is 3. The Kier molecular flexibility index (Phi) is 9.81. The first-order valence-corrected chi connectivity index (χ1v) is 11.3. The molecule has 0 saturated carbocycles. The maximum atomic E-state index is 12.5. The highest BCUT2D eigenvalue weighted by atomic mass is 16.2. The first-order chi connectivity index (χ1) is 14.1. The summed E-state index contributed by atoms with van der Waals surface area (Å²) in [6.45, 7) is 10.2. The van der Waals surface area contributed by atoms with Crippen LogP contribution in [0, 0.1) is 5.92 Å². The zero-order valence-electron chi connectivity index (χ0n) is 18.4. The lowest BCUT2D eigenvalue weighted by atomic mass is 9.98.